The maximum Gasteiger partial charge on any atom is 0.316 e. The Labute approximate surface area is 151 Å². The minimum atomic E-state index is -0.402. The van der Waals surface area contributed by atoms with E-state index in [0.717, 1.165) is 57.5 Å². The molecule has 0 spiro atoms. The second-order valence-electron chi connectivity index (χ2n) is 6.82. The van der Waals surface area contributed by atoms with Crippen LogP contribution in [0.1, 0.15) is 25.7 Å². The van der Waals surface area contributed by atoms with E-state index in [9.17, 15) is 9.18 Å². The van der Waals surface area contributed by atoms with Crippen LogP contribution >= 0.6 is 0 Å². The highest BCUT2D eigenvalue weighted by atomic mass is 19.1. The van der Waals surface area contributed by atoms with E-state index in [1.54, 1.807) is 18.3 Å². The van der Waals surface area contributed by atoms with Gasteiger partial charge in [-0.1, -0.05) is 6.07 Å². The number of rotatable bonds is 4. The van der Waals surface area contributed by atoms with Crippen LogP contribution in [-0.4, -0.2) is 42.1 Å². The van der Waals surface area contributed by atoms with Gasteiger partial charge in [0.05, 0.1) is 18.0 Å². The Morgan fingerprint density at radius 2 is 1.96 bits per heavy atom. The van der Waals surface area contributed by atoms with Crippen molar-refractivity contribution in [3.05, 3.63) is 46.6 Å². The van der Waals surface area contributed by atoms with E-state index < -0.39 is 5.82 Å². The van der Waals surface area contributed by atoms with Crippen molar-refractivity contribution in [1.82, 2.24) is 15.1 Å². The maximum atomic E-state index is 13.6. The minimum Gasteiger partial charge on any atom is -0.483 e. The lowest BCUT2D eigenvalue weighted by Gasteiger charge is -2.31. The number of ether oxygens (including phenoxy) is 1. The van der Waals surface area contributed by atoms with Gasteiger partial charge in [-0.25, -0.2) is 4.39 Å². The third kappa shape index (κ3) is 3.44. The number of nitrogens with one attached hydrogen (secondary N) is 1. The normalized spacial score (nSPS) is 18.3. The Bertz CT molecular complexity index is 827. The number of aromatic nitrogens is 2. The fraction of sp³-hybridized carbons (Fsp3) is 0.474. The minimum absolute atomic E-state index is 0.0627. The van der Waals surface area contributed by atoms with Crippen LogP contribution in [0.25, 0.3) is 5.69 Å². The summed E-state index contributed by atoms with van der Waals surface area (Å²) in [5.74, 6) is -0.0706. The summed E-state index contributed by atoms with van der Waals surface area (Å²) in [5, 5.41) is 7.60. The molecule has 1 saturated carbocycles. The van der Waals surface area contributed by atoms with Gasteiger partial charge in [0.1, 0.15) is 11.5 Å². The topological polar surface area (TPSA) is 59.4 Å². The molecule has 0 atom stereocenters. The molecule has 0 unspecified atom stereocenters. The van der Waals surface area contributed by atoms with Crippen LogP contribution in [0.2, 0.25) is 0 Å². The molecule has 0 radical (unpaired) electrons. The molecule has 2 aromatic rings. The van der Waals surface area contributed by atoms with E-state index in [0.29, 0.717) is 11.4 Å². The van der Waals surface area contributed by atoms with Crippen LogP contribution in [0.3, 0.4) is 0 Å². The van der Waals surface area contributed by atoms with Crippen LogP contribution in [-0.2, 0) is 0 Å². The summed E-state index contributed by atoms with van der Waals surface area (Å²) in [6.07, 6.45) is 5.90. The zero-order valence-corrected chi connectivity index (χ0v) is 14.7. The molecule has 138 valence electrons. The van der Waals surface area contributed by atoms with Crippen molar-refractivity contribution in [3.63, 3.8) is 0 Å². The molecular formula is C19H23FN4O2. The van der Waals surface area contributed by atoms with E-state index in [4.69, 9.17) is 4.74 Å². The molecule has 6 nitrogen and oxygen atoms in total. The van der Waals surface area contributed by atoms with Crippen LogP contribution in [0.15, 0.2) is 35.3 Å². The number of anilines is 1. The van der Waals surface area contributed by atoms with Crippen LogP contribution in [0.4, 0.5) is 10.1 Å². The third-order valence-electron chi connectivity index (χ3n) is 5.01. The number of benzene rings is 1. The number of hydrogen-bond donors (Lipinski definition) is 1. The first kappa shape index (κ1) is 17.0. The molecule has 7 heteroatoms. The molecular weight excluding hydrogens is 335 g/mol. The molecule has 1 aromatic carbocycles. The zero-order valence-electron chi connectivity index (χ0n) is 14.7. The molecule has 4 rings (SSSR count). The molecule has 1 aromatic heterocycles. The number of nitrogens with zero attached hydrogens (tertiary/aromatic N) is 3. The second kappa shape index (κ2) is 7.45. The highest BCUT2D eigenvalue weighted by molar-refractivity contribution is 5.57. The molecule has 0 bridgehead atoms. The molecule has 26 heavy (non-hydrogen) atoms. The van der Waals surface area contributed by atoms with Crippen LogP contribution in [0, 0.1) is 5.82 Å². The van der Waals surface area contributed by atoms with E-state index in [2.05, 4.69) is 15.3 Å². The van der Waals surface area contributed by atoms with Gasteiger partial charge in [0.15, 0.2) is 0 Å². The molecule has 2 aliphatic rings. The van der Waals surface area contributed by atoms with Crippen molar-refractivity contribution >= 4 is 5.69 Å². The van der Waals surface area contributed by atoms with Gasteiger partial charge in [-0.2, -0.15) is 9.78 Å². The summed E-state index contributed by atoms with van der Waals surface area (Å²) in [4.78, 5) is 15.3. The lowest BCUT2D eigenvalue weighted by atomic mass is 10.2. The Hall–Kier alpha value is -2.41. The van der Waals surface area contributed by atoms with Gasteiger partial charge in [0.25, 0.3) is 0 Å². The Morgan fingerprint density at radius 1 is 1.19 bits per heavy atom. The predicted octanol–water partition coefficient (Wildman–Crippen LogP) is 2.10. The Morgan fingerprint density at radius 3 is 2.69 bits per heavy atom. The number of piperazine rings is 1. The molecule has 1 aliphatic carbocycles. The van der Waals surface area contributed by atoms with Gasteiger partial charge >= 0.3 is 5.56 Å². The second-order valence-corrected chi connectivity index (χ2v) is 6.82. The Balaban J connectivity index is 1.76. The molecule has 1 N–H and O–H groups in total. The lowest BCUT2D eigenvalue weighted by molar-refractivity contribution is 0.206. The van der Waals surface area contributed by atoms with Crippen molar-refractivity contribution in [3.8, 4) is 11.4 Å². The largest absolute Gasteiger partial charge is 0.483 e. The lowest BCUT2D eigenvalue weighted by Crippen LogP contribution is -2.44. The fourth-order valence-electron chi connectivity index (χ4n) is 3.64. The third-order valence-corrected chi connectivity index (χ3v) is 5.01. The first-order valence-electron chi connectivity index (χ1n) is 9.23. The van der Waals surface area contributed by atoms with E-state index in [1.165, 1.54) is 16.8 Å². The van der Waals surface area contributed by atoms with Gasteiger partial charge in [0, 0.05) is 26.2 Å². The average Bonchev–Trinajstić information content (AvgIpc) is 3.17. The van der Waals surface area contributed by atoms with Crippen molar-refractivity contribution in [2.24, 2.45) is 0 Å². The summed E-state index contributed by atoms with van der Waals surface area (Å²) in [5.41, 5.74) is 0.799. The van der Waals surface area contributed by atoms with Gasteiger partial charge in [0.2, 0.25) is 5.75 Å². The first-order valence-corrected chi connectivity index (χ1v) is 9.23. The van der Waals surface area contributed by atoms with Crippen LogP contribution in [0.5, 0.6) is 5.75 Å². The molecule has 0 amide bonds. The van der Waals surface area contributed by atoms with Gasteiger partial charge < -0.3 is 15.0 Å². The fourth-order valence-corrected chi connectivity index (χ4v) is 3.64. The molecule has 2 fully saturated rings. The van der Waals surface area contributed by atoms with Crippen molar-refractivity contribution in [1.29, 1.82) is 0 Å². The standard InChI is InChI=1S/C19H23FN4O2/c20-14-4-3-5-15(12-14)24-19(25)18(26-16-6-1-2-7-16)17(13-22-24)23-10-8-21-9-11-23/h3-5,12-13,16,21H,1-2,6-11H2. The maximum absolute atomic E-state index is 13.6. The zero-order chi connectivity index (χ0) is 17.9. The number of hydrogen-bond acceptors (Lipinski definition) is 5. The molecule has 2 heterocycles. The van der Waals surface area contributed by atoms with E-state index >= 15 is 0 Å². The number of halogens is 1. The van der Waals surface area contributed by atoms with Crippen molar-refractivity contribution < 1.29 is 9.13 Å². The average molecular weight is 358 g/mol. The molecule has 1 saturated heterocycles. The Kier molecular flexibility index (Phi) is 4.88. The highest BCUT2D eigenvalue weighted by Gasteiger charge is 2.25. The van der Waals surface area contributed by atoms with Crippen molar-refractivity contribution in [2.45, 2.75) is 31.8 Å². The van der Waals surface area contributed by atoms with E-state index in [1.807, 2.05) is 0 Å². The van der Waals surface area contributed by atoms with Crippen molar-refractivity contribution in [2.75, 3.05) is 31.1 Å². The van der Waals surface area contributed by atoms with Crippen LogP contribution < -0.4 is 20.5 Å². The van der Waals surface area contributed by atoms with Gasteiger partial charge in [-0.15, -0.1) is 0 Å². The summed E-state index contributed by atoms with van der Waals surface area (Å²) in [6, 6.07) is 5.89. The van der Waals surface area contributed by atoms with Gasteiger partial charge in [-0.05, 0) is 43.9 Å². The monoisotopic (exact) mass is 358 g/mol. The summed E-state index contributed by atoms with van der Waals surface area (Å²) < 4.78 is 21.0. The first-order chi connectivity index (χ1) is 12.7. The summed E-state index contributed by atoms with van der Waals surface area (Å²) in [7, 11) is 0. The SMILES string of the molecule is O=c1c(OC2CCCC2)c(N2CCNCC2)cnn1-c1cccc(F)c1. The van der Waals surface area contributed by atoms with Gasteiger partial charge in [-0.3, -0.25) is 4.79 Å². The molecule has 1 aliphatic heterocycles. The summed E-state index contributed by atoms with van der Waals surface area (Å²) in [6.45, 7) is 3.31. The quantitative estimate of drug-likeness (QED) is 0.907. The highest BCUT2D eigenvalue weighted by Crippen LogP contribution is 2.29. The summed E-state index contributed by atoms with van der Waals surface area (Å²) >= 11 is 0. The smallest absolute Gasteiger partial charge is 0.316 e. The van der Waals surface area contributed by atoms with E-state index in [-0.39, 0.29) is 11.7 Å². The predicted molar refractivity (Wildman–Crippen MR) is 97.8 cm³/mol.